The smallest absolute Gasteiger partial charge is 0.145 e. The van der Waals surface area contributed by atoms with Gasteiger partial charge in [0.1, 0.15) is 23.0 Å². The summed E-state index contributed by atoms with van der Waals surface area (Å²) in [4.78, 5) is 8.62. The van der Waals surface area contributed by atoms with Gasteiger partial charge in [-0.3, -0.25) is 9.97 Å². The number of pyridine rings is 2. The molecule has 1 aromatic carbocycles. The van der Waals surface area contributed by atoms with Crippen LogP contribution in [0, 0.1) is 11.3 Å². The van der Waals surface area contributed by atoms with Gasteiger partial charge in [0.25, 0.3) is 0 Å². The van der Waals surface area contributed by atoms with Crippen molar-refractivity contribution in [1.82, 2.24) is 15.1 Å². The first-order chi connectivity index (χ1) is 20.8. The van der Waals surface area contributed by atoms with E-state index in [2.05, 4.69) is 35.0 Å². The molecule has 4 saturated carbocycles. The Morgan fingerprint density at radius 1 is 0.977 bits per heavy atom. The molecule has 7 nitrogen and oxygen atoms in total. The van der Waals surface area contributed by atoms with Crippen LogP contribution >= 0.6 is 23.2 Å². The van der Waals surface area contributed by atoms with Gasteiger partial charge in [-0.1, -0.05) is 42.2 Å². The van der Waals surface area contributed by atoms with Crippen molar-refractivity contribution in [2.45, 2.75) is 83.3 Å². The summed E-state index contributed by atoms with van der Waals surface area (Å²) in [5.74, 6) is 3.47. The zero-order valence-electron chi connectivity index (χ0n) is 24.7. The summed E-state index contributed by atoms with van der Waals surface area (Å²) in [5.41, 5.74) is 3.26. The third-order valence-corrected chi connectivity index (χ3v) is 10.1. The summed E-state index contributed by atoms with van der Waals surface area (Å²) in [6.07, 6.45) is 13.5. The fourth-order valence-corrected chi connectivity index (χ4v) is 7.20. The molecule has 0 spiro atoms. The van der Waals surface area contributed by atoms with Gasteiger partial charge in [0.15, 0.2) is 0 Å². The molecule has 0 unspecified atom stereocenters. The molecule has 0 amide bonds. The first-order valence-electron chi connectivity index (χ1n) is 15.4. The molecule has 4 aliphatic carbocycles. The molecule has 0 aliphatic heterocycles. The van der Waals surface area contributed by atoms with E-state index in [1.54, 1.807) is 18.6 Å². The van der Waals surface area contributed by atoms with E-state index in [0.717, 1.165) is 85.1 Å². The second-order valence-corrected chi connectivity index (χ2v) is 13.9. The Balaban J connectivity index is 1.02. The number of aromatic nitrogens is 3. The predicted octanol–water partition coefficient (Wildman–Crippen LogP) is 9.19. The van der Waals surface area contributed by atoms with E-state index < -0.39 is 0 Å². The number of fused-ring (bicyclic) bond motifs is 4. The first-order valence-corrected chi connectivity index (χ1v) is 16.2. The summed E-state index contributed by atoms with van der Waals surface area (Å²) in [5, 5.41) is 6.33. The Bertz CT molecular complexity index is 1590. The highest BCUT2D eigenvalue weighted by Gasteiger charge is 2.50. The van der Waals surface area contributed by atoms with E-state index >= 15 is 0 Å². The fourth-order valence-electron chi connectivity index (χ4n) is 6.66. The lowest BCUT2D eigenvalue weighted by Crippen LogP contribution is -2.49. The summed E-state index contributed by atoms with van der Waals surface area (Å²) in [6, 6.07) is 8.05. The standard InChI is InChI=1S/C34H37Cl2N3O4/c1-21(2)18-40-29-7-14-38-28-6-5-23(15-24(28)29)41-20-33-8-11-34(12-9-33,13-10-33)42-19-25-31(39-43-32(25)22-3-4-22)30-26(35)16-37-17-27(30)36/h5-7,14-17,21-22H,3-4,8-13,18-20H2,1-2H3. The van der Waals surface area contributed by atoms with Gasteiger partial charge in [-0.15, -0.1) is 0 Å². The van der Waals surface area contributed by atoms with Gasteiger partial charge in [0, 0.05) is 46.4 Å². The van der Waals surface area contributed by atoms with Crippen LogP contribution in [0.4, 0.5) is 0 Å². The van der Waals surface area contributed by atoms with Crippen LogP contribution in [0.2, 0.25) is 10.0 Å². The minimum atomic E-state index is -0.139. The van der Waals surface area contributed by atoms with E-state index in [1.807, 2.05) is 18.2 Å². The second-order valence-electron chi connectivity index (χ2n) is 13.1. The van der Waals surface area contributed by atoms with Crippen molar-refractivity contribution < 1.29 is 18.7 Å². The van der Waals surface area contributed by atoms with E-state index in [9.17, 15) is 0 Å². The zero-order chi connectivity index (χ0) is 29.6. The minimum Gasteiger partial charge on any atom is -0.493 e. The molecule has 0 atom stereocenters. The minimum absolute atomic E-state index is 0.139. The third kappa shape index (κ3) is 5.84. The molecule has 0 radical (unpaired) electrons. The van der Waals surface area contributed by atoms with Crippen LogP contribution in [0.25, 0.3) is 22.2 Å². The molecule has 226 valence electrons. The zero-order valence-corrected chi connectivity index (χ0v) is 26.2. The van der Waals surface area contributed by atoms with Gasteiger partial charge in [-0.2, -0.15) is 0 Å². The molecule has 0 N–H and O–H groups in total. The molecule has 8 rings (SSSR count). The SMILES string of the molecule is CC(C)COc1ccnc2ccc(OCC34CCC(OCc5c(-c6c(Cl)cncc6Cl)noc5C5CC5)(CC3)CC4)cc12. The van der Waals surface area contributed by atoms with Crippen molar-refractivity contribution in [3.8, 4) is 22.8 Å². The van der Waals surface area contributed by atoms with Gasteiger partial charge < -0.3 is 18.7 Å². The van der Waals surface area contributed by atoms with Crippen LogP contribution < -0.4 is 9.47 Å². The average molecular weight is 623 g/mol. The maximum absolute atomic E-state index is 6.81. The highest BCUT2D eigenvalue weighted by molar-refractivity contribution is 6.38. The number of hydrogen-bond donors (Lipinski definition) is 0. The largest absolute Gasteiger partial charge is 0.493 e. The molecule has 43 heavy (non-hydrogen) atoms. The van der Waals surface area contributed by atoms with Crippen molar-refractivity contribution in [2.75, 3.05) is 13.2 Å². The molecular weight excluding hydrogens is 585 g/mol. The van der Waals surface area contributed by atoms with Crippen LogP contribution in [-0.2, 0) is 11.3 Å². The van der Waals surface area contributed by atoms with Gasteiger partial charge in [0.2, 0.25) is 0 Å². The topological polar surface area (TPSA) is 79.5 Å². The monoisotopic (exact) mass is 621 g/mol. The van der Waals surface area contributed by atoms with Crippen molar-refractivity contribution in [2.24, 2.45) is 11.3 Å². The van der Waals surface area contributed by atoms with Crippen LogP contribution in [0.1, 0.15) is 82.5 Å². The van der Waals surface area contributed by atoms with Crippen molar-refractivity contribution in [3.05, 3.63) is 64.2 Å². The van der Waals surface area contributed by atoms with Gasteiger partial charge in [-0.05, 0) is 81.5 Å². The van der Waals surface area contributed by atoms with Crippen LogP contribution in [-0.4, -0.2) is 33.9 Å². The van der Waals surface area contributed by atoms with Gasteiger partial charge in [0.05, 0.1) is 41.0 Å². The van der Waals surface area contributed by atoms with E-state index in [1.165, 1.54) is 0 Å². The van der Waals surface area contributed by atoms with Gasteiger partial charge >= 0.3 is 0 Å². The summed E-state index contributed by atoms with van der Waals surface area (Å²) >= 11 is 13.0. The third-order valence-electron chi connectivity index (χ3n) is 9.50. The van der Waals surface area contributed by atoms with Crippen LogP contribution in [0.5, 0.6) is 11.5 Å². The lowest BCUT2D eigenvalue weighted by atomic mass is 9.59. The molecule has 4 fully saturated rings. The van der Waals surface area contributed by atoms with Crippen LogP contribution in [0.15, 0.2) is 47.4 Å². The van der Waals surface area contributed by atoms with Crippen molar-refractivity contribution in [1.29, 1.82) is 0 Å². The molecule has 4 aliphatic rings. The lowest BCUT2D eigenvalue weighted by molar-refractivity contribution is -0.150. The Morgan fingerprint density at radius 3 is 2.42 bits per heavy atom. The van der Waals surface area contributed by atoms with Crippen molar-refractivity contribution in [3.63, 3.8) is 0 Å². The number of halogens is 2. The number of benzene rings is 1. The summed E-state index contributed by atoms with van der Waals surface area (Å²) in [6.45, 7) is 6.12. The molecule has 9 heteroatoms. The molecular formula is C34H37Cl2N3O4. The summed E-state index contributed by atoms with van der Waals surface area (Å²) in [7, 11) is 0. The maximum Gasteiger partial charge on any atom is 0.145 e. The number of hydrogen-bond acceptors (Lipinski definition) is 7. The summed E-state index contributed by atoms with van der Waals surface area (Å²) < 4.78 is 25.2. The Labute approximate surface area is 262 Å². The molecule has 3 aromatic heterocycles. The highest BCUT2D eigenvalue weighted by Crippen LogP contribution is 2.55. The van der Waals surface area contributed by atoms with Crippen molar-refractivity contribution >= 4 is 34.1 Å². The van der Waals surface area contributed by atoms with E-state index in [4.69, 9.17) is 41.9 Å². The second kappa shape index (κ2) is 11.6. The molecule has 4 aromatic rings. The molecule has 2 bridgehead atoms. The number of ether oxygens (including phenoxy) is 3. The normalized spacial score (nSPS) is 23.3. The van der Waals surface area contributed by atoms with E-state index in [-0.39, 0.29) is 11.0 Å². The quantitative estimate of drug-likeness (QED) is 0.165. The maximum atomic E-state index is 6.81. The molecule has 3 heterocycles. The Morgan fingerprint density at radius 2 is 1.72 bits per heavy atom. The fraction of sp³-hybridized carbons (Fsp3) is 0.500. The Kier molecular flexibility index (Phi) is 7.77. The number of nitrogens with zero attached hydrogens (tertiary/aromatic N) is 3. The highest BCUT2D eigenvalue weighted by atomic mass is 35.5. The Hall–Kier alpha value is -2.87. The predicted molar refractivity (Wildman–Crippen MR) is 167 cm³/mol. The molecule has 0 saturated heterocycles. The lowest BCUT2D eigenvalue weighted by Gasteiger charge is -2.52. The van der Waals surface area contributed by atoms with Gasteiger partial charge in [-0.25, -0.2) is 0 Å². The average Bonchev–Trinajstić information content (AvgIpc) is 3.78. The van der Waals surface area contributed by atoms with Crippen LogP contribution in [0.3, 0.4) is 0 Å². The number of rotatable bonds is 11. The van der Waals surface area contributed by atoms with E-state index in [0.29, 0.717) is 53.0 Å². The first kappa shape index (κ1) is 28.9.